The van der Waals surface area contributed by atoms with Gasteiger partial charge < -0.3 is 15.8 Å². The lowest BCUT2D eigenvalue weighted by Crippen LogP contribution is -2.54. The highest BCUT2D eigenvalue weighted by molar-refractivity contribution is 5.88. The SMILES string of the molecule is CCCCCCC[C@@](NC(N)=O)(C(=O)OCC)c1ccccc1. The van der Waals surface area contributed by atoms with E-state index in [-0.39, 0.29) is 6.61 Å². The number of benzene rings is 1. The van der Waals surface area contributed by atoms with Crippen molar-refractivity contribution in [2.24, 2.45) is 5.73 Å². The average molecular weight is 320 g/mol. The van der Waals surface area contributed by atoms with E-state index >= 15 is 0 Å². The predicted molar refractivity (Wildman–Crippen MR) is 90.8 cm³/mol. The van der Waals surface area contributed by atoms with Crippen LogP contribution in [0.2, 0.25) is 0 Å². The molecule has 0 saturated carbocycles. The average Bonchev–Trinajstić information content (AvgIpc) is 2.54. The zero-order chi connectivity index (χ0) is 17.1. The number of carbonyl (C=O) groups excluding carboxylic acids is 2. The van der Waals surface area contributed by atoms with Crippen LogP contribution in [0.4, 0.5) is 4.79 Å². The molecule has 1 rings (SSSR count). The summed E-state index contributed by atoms with van der Waals surface area (Å²) in [7, 11) is 0. The molecule has 0 radical (unpaired) electrons. The van der Waals surface area contributed by atoms with Crippen LogP contribution in [-0.4, -0.2) is 18.6 Å². The van der Waals surface area contributed by atoms with E-state index in [0.717, 1.165) is 25.7 Å². The first kappa shape index (κ1) is 19.0. The first-order valence-corrected chi connectivity index (χ1v) is 8.37. The Morgan fingerprint density at radius 1 is 1.09 bits per heavy atom. The minimum atomic E-state index is -1.21. The smallest absolute Gasteiger partial charge is 0.336 e. The number of hydrogen-bond donors (Lipinski definition) is 2. The Morgan fingerprint density at radius 2 is 1.74 bits per heavy atom. The molecule has 23 heavy (non-hydrogen) atoms. The Kier molecular flexibility index (Phi) is 8.16. The maximum Gasteiger partial charge on any atom is 0.336 e. The molecule has 0 aliphatic carbocycles. The number of primary amides is 1. The van der Waals surface area contributed by atoms with E-state index in [1.165, 1.54) is 6.42 Å². The van der Waals surface area contributed by atoms with Gasteiger partial charge in [-0.25, -0.2) is 9.59 Å². The van der Waals surface area contributed by atoms with Crippen LogP contribution in [0.5, 0.6) is 0 Å². The molecular formula is C18H28N2O3. The van der Waals surface area contributed by atoms with Crippen molar-refractivity contribution < 1.29 is 14.3 Å². The quantitative estimate of drug-likeness (QED) is 0.511. The van der Waals surface area contributed by atoms with Gasteiger partial charge in [0.15, 0.2) is 5.54 Å². The second-order valence-corrected chi connectivity index (χ2v) is 5.65. The van der Waals surface area contributed by atoms with E-state index in [1.807, 2.05) is 30.3 Å². The second-order valence-electron chi connectivity index (χ2n) is 5.65. The summed E-state index contributed by atoms with van der Waals surface area (Å²) < 4.78 is 5.23. The van der Waals surface area contributed by atoms with Gasteiger partial charge in [-0.15, -0.1) is 0 Å². The number of nitrogens with two attached hydrogens (primary N) is 1. The summed E-state index contributed by atoms with van der Waals surface area (Å²) in [4.78, 5) is 24.2. The van der Waals surface area contributed by atoms with Gasteiger partial charge in [0.1, 0.15) is 0 Å². The Labute approximate surface area is 138 Å². The van der Waals surface area contributed by atoms with Crippen molar-refractivity contribution >= 4 is 12.0 Å². The van der Waals surface area contributed by atoms with Gasteiger partial charge in [-0.05, 0) is 18.9 Å². The molecule has 0 fully saturated rings. The van der Waals surface area contributed by atoms with Crippen molar-refractivity contribution in [2.75, 3.05) is 6.61 Å². The normalized spacial score (nSPS) is 13.1. The van der Waals surface area contributed by atoms with Crippen LogP contribution in [0.25, 0.3) is 0 Å². The predicted octanol–water partition coefficient (Wildman–Crippen LogP) is 3.47. The molecule has 3 N–H and O–H groups in total. The fraction of sp³-hybridized carbons (Fsp3) is 0.556. The van der Waals surface area contributed by atoms with Gasteiger partial charge in [-0.3, -0.25) is 0 Å². The zero-order valence-corrected chi connectivity index (χ0v) is 14.1. The third-order valence-corrected chi connectivity index (χ3v) is 3.88. The zero-order valence-electron chi connectivity index (χ0n) is 14.1. The highest BCUT2D eigenvalue weighted by atomic mass is 16.5. The summed E-state index contributed by atoms with van der Waals surface area (Å²) >= 11 is 0. The molecular weight excluding hydrogens is 292 g/mol. The molecule has 0 aliphatic heterocycles. The van der Waals surface area contributed by atoms with Gasteiger partial charge in [0.25, 0.3) is 0 Å². The lowest BCUT2D eigenvalue weighted by molar-refractivity contribution is -0.151. The van der Waals surface area contributed by atoms with Crippen LogP contribution < -0.4 is 11.1 Å². The Morgan fingerprint density at radius 3 is 2.30 bits per heavy atom. The first-order chi connectivity index (χ1) is 11.1. The van der Waals surface area contributed by atoms with E-state index in [0.29, 0.717) is 12.0 Å². The molecule has 0 aliphatic rings. The van der Waals surface area contributed by atoms with Crippen LogP contribution in [0.3, 0.4) is 0 Å². The van der Waals surface area contributed by atoms with E-state index in [9.17, 15) is 9.59 Å². The Bertz CT molecular complexity index is 490. The van der Waals surface area contributed by atoms with Gasteiger partial charge in [-0.1, -0.05) is 69.4 Å². The number of carbonyl (C=O) groups is 2. The summed E-state index contributed by atoms with van der Waals surface area (Å²) in [6, 6.07) is 8.45. The van der Waals surface area contributed by atoms with Crippen LogP contribution in [0, 0.1) is 0 Å². The van der Waals surface area contributed by atoms with Crippen molar-refractivity contribution in [1.29, 1.82) is 0 Å². The standard InChI is InChI=1S/C18H28N2O3/c1-3-5-6-7-11-14-18(20-17(19)22,16(21)23-4-2)15-12-9-8-10-13-15/h8-10,12-13H,3-7,11,14H2,1-2H3,(H3,19,20,22)/t18-/m0/s1. The molecule has 0 unspecified atom stereocenters. The maximum absolute atomic E-state index is 12.6. The Balaban J connectivity index is 3.03. The first-order valence-electron chi connectivity index (χ1n) is 8.37. The molecule has 128 valence electrons. The van der Waals surface area contributed by atoms with Crippen LogP contribution >= 0.6 is 0 Å². The molecule has 0 spiro atoms. The fourth-order valence-electron chi connectivity index (χ4n) is 2.73. The highest BCUT2D eigenvalue weighted by Crippen LogP contribution is 2.29. The number of amides is 2. The number of hydrogen-bond acceptors (Lipinski definition) is 3. The molecule has 0 saturated heterocycles. The largest absolute Gasteiger partial charge is 0.464 e. The van der Waals surface area contributed by atoms with Gasteiger partial charge in [0, 0.05) is 0 Å². The van der Waals surface area contributed by atoms with E-state index < -0.39 is 17.5 Å². The lowest BCUT2D eigenvalue weighted by Gasteiger charge is -2.32. The summed E-state index contributed by atoms with van der Waals surface area (Å²) in [5, 5.41) is 2.65. The van der Waals surface area contributed by atoms with Crippen molar-refractivity contribution in [3.05, 3.63) is 35.9 Å². The van der Waals surface area contributed by atoms with Gasteiger partial charge in [-0.2, -0.15) is 0 Å². The minimum absolute atomic E-state index is 0.254. The fourth-order valence-corrected chi connectivity index (χ4v) is 2.73. The van der Waals surface area contributed by atoms with E-state index in [2.05, 4.69) is 12.2 Å². The van der Waals surface area contributed by atoms with Crippen molar-refractivity contribution in [3.63, 3.8) is 0 Å². The molecule has 1 atom stereocenters. The van der Waals surface area contributed by atoms with Gasteiger partial charge in [0.2, 0.25) is 0 Å². The number of rotatable bonds is 10. The molecule has 5 nitrogen and oxygen atoms in total. The number of ether oxygens (including phenoxy) is 1. The van der Waals surface area contributed by atoms with Crippen molar-refractivity contribution in [1.82, 2.24) is 5.32 Å². The monoisotopic (exact) mass is 320 g/mol. The Hall–Kier alpha value is -2.04. The van der Waals surface area contributed by atoms with Crippen LogP contribution in [0.1, 0.15) is 57.9 Å². The van der Waals surface area contributed by atoms with Gasteiger partial charge >= 0.3 is 12.0 Å². The number of esters is 1. The topological polar surface area (TPSA) is 81.4 Å². The van der Waals surface area contributed by atoms with Crippen LogP contribution in [-0.2, 0) is 15.1 Å². The van der Waals surface area contributed by atoms with Crippen LogP contribution in [0.15, 0.2) is 30.3 Å². The summed E-state index contributed by atoms with van der Waals surface area (Å²) in [6.07, 6.45) is 5.72. The summed E-state index contributed by atoms with van der Waals surface area (Å²) in [6.45, 7) is 4.16. The lowest BCUT2D eigenvalue weighted by atomic mass is 9.84. The summed E-state index contributed by atoms with van der Waals surface area (Å²) in [5.74, 6) is -0.458. The number of urea groups is 1. The van der Waals surface area contributed by atoms with E-state index in [1.54, 1.807) is 6.92 Å². The number of unbranched alkanes of at least 4 members (excludes halogenated alkanes) is 4. The highest BCUT2D eigenvalue weighted by Gasteiger charge is 2.42. The van der Waals surface area contributed by atoms with Gasteiger partial charge in [0.05, 0.1) is 6.61 Å². The van der Waals surface area contributed by atoms with Crippen molar-refractivity contribution in [3.8, 4) is 0 Å². The second kappa shape index (κ2) is 9.87. The molecule has 2 amide bonds. The minimum Gasteiger partial charge on any atom is -0.464 e. The maximum atomic E-state index is 12.6. The molecule has 0 heterocycles. The molecule has 0 bridgehead atoms. The van der Waals surface area contributed by atoms with Crippen molar-refractivity contribution in [2.45, 2.75) is 57.9 Å². The van der Waals surface area contributed by atoms with E-state index in [4.69, 9.17) is 10.5 Å². The molecule has 1 aromatic rings. The number of nitrogens with one attached hydrogen (secondary N) is 1. The third kappa shape index (κ3) is 5.58. The molecule has 0 aromatic heterocycles. The molecule has 1 aromatic carbocycles. The molecule has 5 heteroatoms. The third-order valence-electron chi connectivity index (χ3n) is 3.88. The summed E-state index contributed by atoms with van der Waals surface area (Å²) in [5.41, 5.74) is 4.83.